The van der Waals surface area contributed by atoms with Crippen LogP contribution >= 0.6 is 0 Å². The fourth-order valence-corrected chi connectivity index (χ4v) is 6.97. The predicted molar refractivity (Wildman–Crippen MR) is 207 cm³/mol. The van der Waals surface area contributed by atoms with E-state index in [1.54, 1.807) is 0 Å². The van der Waals surface area contributed by atoms with Crippen LogP contribution in [0.15, 0.2) is 188 Å². The van der Waals surface area contributed by atoms with E-state index in [2.05, 4.69) is 127 Å². The van der Waals surface area contributed by atoms with E-state index in [9.17, 15) is 0 Å². The highest BCUT2D eigenvalue weighted by Crippen LogP contribution is 2.44. The second-order valence-corrected chi connectivity index (χ2v) is 12.4. The molecule has 0 unspecified atom stereocenters. The van der Waals surface area contributed by atoms with E-state index in [1.165, 1.54) is 43.8 Å². The lowest BCUT2D eigenvalue weighted by molar-refractivity contribution is 1.07. The van der Waals surface area contributed by atoms with Crippen LogP contribution < -0.4 is 0 Å². The van der Waals surface area contributed by atoms with E-state index in [1.807, 2.05) is 60.7 Å². The van der Waals surface area contributed by atoms with Gasteiger partial charge < -0.3 is 0 Å². The minimum absolute atomic E-state index is 0.637. The molecule has 0 atom stereocenters. The van der Waals surface area contributed by atoms with Crippen LogP contribution in [0.25, 0.3) is 89.1 Å². The molecule has 9 rings (SSSR count). The maximum Gasteiger partial charge on any atom is 0.164 e. The van der Waals surface area contributed by atoms with E-state index in [0.29, 0.717) is 17.5 Å². The Morgan fingerprint density at radius 1 is 0.260 bits per heavy atom. The highest BCUT2D eigenvalue weighted by atomic mass is 15.0. The van der Waals surface area contributed by atoms with Crippen LogP contribution in [0, 0.1) is 0 Å². The lowest BCUT2D eigenvalue weighted by Crippen LogP contribution is -2.00. The van der Waals surface area contributed by atoms with E-state index < -0.39 is 0 Å². The molecule has 0 aliphatic heterocycles. The SMILES string of the molecule is c1ccc(-c2nc(-c3ccccc3)nc(-c3cccc(-c4cccc(-c5cc6ccccc6c6ccccc56)c4-c4ccccc4)c3)n2)cc1. The summed E-state index contributed by atoms with van der Waals surface area (Å²) in [5.74, 6) is 1.93. The Morgan fingerprint density at radius 3 is 1.38 bits per heavy atom. The number of fused-ring (bicyclic) bond motifs is 3. The Balaban J connectivity index is 1.26. The molecule has 0 saturated carbocycles. The van der Waals surface area contributed by atoms with Crippen LogP contribution in [-0.2, 0) is 0 Å². The minimum atomic E-state index is 0.637. The van der Waals surface area contributed by atoms with Crippen molar-refractivity contribution in [1.29, 1.82) is 0 Å². The Morgan fingerprint density at radius 2 is 0.720 bits per heavy atom. The van der Waals surface area contributed by atoms with Crippen molar-refractivity contribution >= 4 is 21.5 Å². The number of rotatable bonds is 6. The molecule has 0 saturated heterocycles. The van der Waals surface area contributed by atoms with Crippen molar-refractivity contribution in [3.05, 3.63) is 188 Å². The average molecular weight is 638 g/mol. The number of benzene rings is 8. The smallest absolute Gasteiger partial charge is 0.164 e. The van der Waals surface area contributed by atoms with Gasteiger partial charge in [-0.3, -0.25) is 0 Å². The Hall–Kier alpha value is -6.71. The van der Waals surface area contributed by atoms with Crippen molar-refractivity contribution in [1.82, 2.24) is 15.0 Å². The molecule has 1 aromatic heterocycles. The second-order valence-electron chi connectivity index (χ2n) is 12.4. The zero-order valence-electron chi connectivity index (χ0n) is 27.2. The topological polar surface area (TPSA) is 38.7 Å². The predicted octanol–water partition coefficient (Wildman–Crippen LogP) is 12.2. The van der Waals surface area contributed by atoms with Crippen molar-refractivity contribution in [2.45, 2.75) is 0 Å². The molecule has 0 spiro atoms. The molecule has 50 heavy (non-hydrogen) atoms. The standard InChI is InChI=1S/C47H31N3/c1-4-16-32(17-5-1)44-39(28-15-29-42(44)43-31-36-22-10-11-25-38(36)40-26-12-13-27-41(40)43)35-23-14-24-37(30-35)47-49-45(33-18-6-2-7-19-33)48-46(50-47)34-20-8-3-9-21-34/h1-31H. The Kier molecular flexibility index (Phi) is 7.49. The van der Waals surface area contributed by atoms with Gasteiger partial charge in [-0.2, -0.15) is 0 Å². The van der Waals surface area contributed by atoms with Crippen molar-refractivity contribution in [2.24, 2.45) is 0 Å². The van der Waals surface area contributed by atoms with Gasteiger partial charge in [0.15, 0.2) is 17.5 Å². The molecule has 0 aliphatic rings. The minimum Gasteiger partial charge on any atom is -0.208 e. The van der Waals surface area contributed by atoms with Gasteiger partial charge >= 0.3 is 0 Å². The third-order valence-corrected chi connectivity index (χ3v) is 9.32. The number of hydrogen-bond donors (Lipinski definition) is 0. The summed E-state index contributed by atoms with van der Waals surface area (Å²) in [4.78, 5) is 14.9. The van der Waals surface area contributed by atoms with Crippen LogP contribution in [0.2, 0.25) is 0 Å². The van der Waals surface area contributed by atoms with Gasteiger partial charge in [0.1, 0.15) is 0 Å². The average Bonchev–Trinajstić information content (AvgIpc) is 3.21. The summed E-state index contributed by atoms with van der Waals surface area (Å²) in [6.45, 7) is 0. The molecule has 0 bridgehead atoms. The monoisotopic (exact) mass is 637 g/mol. The van der Waals surface area contributed by atoms with Gasteiger partial charge in [0.05, 0.1) is 0 Å². The maximum absolute atomic E-state index is 5.02. The molecular formula is C47H31N3. The van der Waals surface area contributed by atoms with Gasteiger partial charge in [0.2, 0.25) is 0 Å². The fourth-order valence-electron chi connectivity index (χ4n) is 6.97. The van der Waals surface area contributed by atoms with Gasteiger partial charge in [-0.05, 0) is 67.1 Å². The van der Waals surface area contributed by atoms with Gasteiger partial charge in [0, 0.05) is 16.7 Å². The van der Waals surface area contributed by atoms with E-state index in [4.69, 9.17) is 15.0 Å². The molecular weight excluding hydrogens is 607 g/mol. The Labute approximate surface area is 291 Å². The van der Waals surface area contributed by atoms with Gasteiger partial charge in [0.25, 0.3) is 0 Å². The highest BCUT2D eigenvalue weighted by molar-refractivity contribution is 6.15. The van der Waals surface area contributed by atoms with Crippen LogP contribution in [0.4, 0.5) is 0 Å². The number of nitrogens with zero attached hydrogens (tertiary/aromatic N) is 3. The third kappa shape index (κ3) is 5.41. The third-order valence-electron chi connectivity index (χ3n) is 9.32. The lowest BCUT2D eigenvalue weighted by Gasteiger charge is -2.19. The normalized spacial score (nSPS) is 11.2. The molecule has 3 heteroatoms. The first-order valence-corrected chi connectivity index (χ1v) is 16.9. The molecule has 234 valence electrons. The molecule has 0 fully saturated rings. The van der Waals surface area contributed by atoms with Crippen LogP contribution in [0.5, 0.6) is 0 Å². The van der Waals surface area contributed by atoms with Crippen LogP contribution in [0.3, 0.4) is 0 Å². The summed E-state index contributed by atoms with van der Waals surface area (Å²) in [6.07, 6.45) is 0. The lowest BCUT2D eigenvalue weighted by atomic mass is 9.85. The number of aromatic nitrogens is 3. The Bertz CT molecular complexity index is 2570. The van der Waals surface area contributed by atoms with Crippen molar-refractivity contribution in [2.75, 3.05) is 0 Å². The van der Waals surface area contributed by atoms with Gasteiger partial charge in [-0.25, -0.2) is 15.0 Å². The van der Waals surface area contributed by atoms with Crippen molar-refractivity contribution in [3.8, 4) is 67.5 Å². The molecule has 0 radical (unpaired) electrons. The molecule has 0 aliphatic carbocycles. The summed E-state index contributed by atoms with van der Waals surface area (Å²) in [6, 6.07) is 66.0. The van der Waals surface area contributed by atoms with Gasteiger partial charge in [-0.1, -0.05) is 176 Å². The van der Waals surface area contributed by atoms with Crippen LogP contribution in [-0.4, -0.2) is 15.0 Å². The summed E-state index contributed by atoms with van der Waals surface area (Å²) < 4.78 is 0. The molecule has 0 N–H and O–H groups in total. The fraction of sp³-hybridized carbons (Fsp3) is 0. The molecule has 8 aromatic carbocycles. The molecule has 1 heterocycles. The first-order chi connectivity index (χ1) is 24.8. The molecule has 0 amide bonds. The molecule has 3 nitrogen and oxygen atoms in total. The second kappa shape index (κ2) is 12.7. The van der Waals surface area contributed by atoms with Gasteiger partial charge in [-0.15, -0.1) is 0 Å². The maximum atomic E-state index is 5.02. The first-order valence-electron chi connectivity index (χ1n) is 16.9. The van der Waals surface area contributed by atoms with Crippen molar-refractivity contribution < 1.29 is 0 Å². The summed E-state index contributed by atoms with van der Waals surface area (Å²) >= 11 is 0. The van der Waals surface area contributed by atoms with E-state index >= 15 is 0 Å². The first kappa shape index (κ1) is 29.4. The zero-order valence-corrected chi connectivity index (χ0v) is 27.2. The van der Waals surface area contributed by atoms with E-state index in [-0.39, 0.29) is 0 Å². The summed E-state index contributed by atoms with van der Waals surface area (Å²) in [7, 11) is 0. The zero-order chi connectivity index (χ0) is 33.3. The number of hydrogen-bond acceptors (Lipinski definition) is 3. The largest absolute Gasteiger partial charge is 0.208 e. The summed E-state index contributed by atoms with van der Waals surface area (Å²) in [5, 5.41) is 4.98. The van der Waals surface area contributed by atoms with Crippen LogP contribution in [0.1, 0.15) is 0 Å². The van der Waals surface area contributed by atoms with Crippen molar-refractivity contribution in [3.63, 3.8) is 0 Å². The highest BCUT2D eigenvalue weighted by Gasteiger charge is 2.18. The van der Waals surface area contributed by atoms with E-state index in [0.717, 1.165) is 27.8 Å². The molecule has 9 aromatic rings. The quantitative estimate of drug-likeness (QED) is 0.170. The summed E-state index contributed by atoms with van der Waals surface area (Å²) in [5.41, 5.74) is 9.84.